The molecule has 1 amide bonds. The van der Waals surface area contributed by atoms with Gasteiger partial charge in [0.15, 0.2) is 11.5 Å². The van der Waals surface area contributed by atoms with Gasteiger partial charge in [-0.2, -0.15) is 0 Å². The number of amides is 1. The molecule has 1 heterocycles. The molecule has 33 heavy (non-hydrogen) atoms. The molecule has 5 nitrogen and oxygen atoms in total. The van der Waals surface area contributed by atoms with Gasteiger partial charge in [0.1, 0.15) is 12.8 Å². The largest absolute Gasteiger partial charge is 0.493 e. The number of hydrogen-bond donors (Lipinski definition) is 1. The molecule has 0 bridgehead atoms. The van der Waals surface area contributed by atoms with E-state index in [1.54, 1.807) is 12.0 Å². The molecular weight excluding hydrogens is 412 g/mol. The number of carbonyl (C=O) groups is 1. The van der Waals surface area contributed by atoms with Crippen molar-refractivity contribution in [2.75, 3.05) is 17.3 Å². The molecule has 0 fully saturated rings. The number of ether oxygens (including phenoxy) is 2. The maximum atomic E-state index is 13.5. The van der Waals surface area contributed by atoms with Crippen molar-refractivity contribution >= 4 is 17.3 Å². The highest BCUT2D eigenvalue weighted by atomic mass is 16.5. The van der Waals surface area contributed by atoms with Crippen molar-refractivity contribution in [3.05, 3.63) is 120 Å². The molecule has 4 aromatic rings. The molecule has 1 aliphatic heterocycles. The Hall–Kier alpha value is -4.25. The van der Waals surface area contributed by atoms with Crippen LogP contribution in [0.3, 0.4) is 0 Å². The average molecular weight is 437 g/mol. The molecule has 1 unspecified atom stereocenters. The summed E-state index contributed by atoms with van der Waals surface area (Å²) in [4.78, 5) is 15.3. The third kappa shape index (κ3) is 4.13. The van der Waals surface area contributed by atoms with Crippen LogP contribution >= 0.6 is 0 Å². The Bertz CT molecular complexity index is 1260. The molecule has 5 heteroatoms. The Kier molecular flexibility index (Phi) is 5.68. The van der Waals surface area contributed by atoms with Gasteiger partial charge in [-0.05, 0) is 47.5 Å². The van der Waals surface area contributed by atoms with Crippen molar-refractivity contribution in [1.29, 1.82) is 0 Å². The van der Waals surface area contributed by atoms with E-state index in [1.807, 2.05) is 103 Å². The van der Waals surface area contributed by atoms with Crippen molar-refractivity contribution in [2.24, 2.45) is 0 Å². The van der Waals surface area contributed by atoms with E-state index in [0.29, 0.717) is 23.7 Å². The summed E-state index contributed by atoms with van der Waals surface area (Å²) in [6.07, 6.45) is -0.403. The lowest BCUT2D eigenvalue weighted by Gasteiger charge is -2.38. The molecule has 0 radical (unpaired) electrons. The Balaban J connectivity index is 1.54. The number of methoxy groups -OCH3 is 1. The maximum Gasteiger partial charge on any atom is 0.262 e. The van der Waals surface area contributed by atoms with Crippen LogP contribution in [-0.4, -0.2) is 13.0 Å². The first-order valence-corrected chi connectivity index (χ1v) is 10.8. The Morgan fingerprint density at radius 1 is 0.818 bits per heavy atom. The van der Waals surface area contributed by atoms with E-state index < -0.39 is 6.17 Å². The molecule has 1 atom stereocenters. The molecule has 1 N–H and O–H groups in total. The molecule has 0 saturated carbocycles. The number of anilines is 2. The lowest BCUT2D eigenvalue weighted by Crippen LogP contribution is -2.43. The zero-order valence-electron chi connectivity index (χ0n) is 18.3. The van der Waals surface area contributed by atoms with E-state index in [9.17, 15) is 4.79 Å². The molecule has 0 saturated heterocycles. The SMILES string of the molecule is COc1ccc(C2Nc3ccccc3C(=O)N2c2ccccc2)cc1OCc1ccccc1. The van der Waals surface area contributed by atoms with Gasteiger partial charge in [-0.3, -0.25) is 9.69 Å². The molecule has 0 aromatic heterocycles. The second-order valence-corrected chi connectivity index (χ2v) is 7.79. The fraction of sp³-hybridized carbons (Fsp3) is 0.107. The van der Waals surface area contributed by atoms with Crippen LogP contribution in [0.5, 0.6) is 11.5 Å². The number of hydrogen-bond acceptors (Lipinski definition) is 4. The zero-order chi connectivity index (χ0) is 22.6. The fourth-order valence-corrected chi connectivity index (χ4v) is 4.05. The van der Waals surface area contributed by atoms with Crippen LogP contribution in [-0.2, 0) is 6.61 Å². The number of rotatable bonds is 6. The van der Waals surface area contributed by atoms with Gasteiger partial charge in [0.05, 0.1) is 12.7 Å². The van der Waals surface area contributed by atoms with Gasteiger partial charge in [0, 0.05) is 11.4 Å². The third-order valence-electron chi connectivity index (χ3n) is 5.70. The minimum Gasteiger partial charge on any atom is -0.493 e. The summed E-state index contributed by atoms with van der Waals surface area (Å²) in [5, 5.41) is 3.54. The summed E-state index contributed by atoms with van der Waals surface area (Å²) in [6, 6.07) is 33.0. The van der Waals surface area contributed by atoms with E-state index in [0.717, 1.165) is 22.5 Å². The summed E-state index contributed by atoms with van der Waals surface area (Å²) >= 11 is 0. The van der Waals surface area contributed by atoms with Gasteiger partial charge in [-0.1, -0.05) is 66.7 Å². The highest BCUT2D eigenvalue weighted by Crippen LogP contribution is 2.39. The highest BCUT2D eigenvalue weighted by Gasteiger charge is 2.34. The quantitative estimate of drug-likeness (QED) is 0.400. The number of carbonyl (C=O) groups excluding carboxylic acids is 1. The summed E-state index contributed by atoms with van der Waals surface area (Å²) in [6.45, 7) is 0.420. The Morgan fingerprint density at radius 3 is 2.27 bits per heavy atom. The van der Waals surface area contributed by atoms with Crippen molar-refractivity contribution in [3.63, 3.8) is 0 Å². The van der Waals surface area contributed by atoms with E-state index >= 15 is 0 Å². The van der Waals surface area contributed by atoms with Crippen LogP contribution in [0.4, 0.5) is 11.4 Å². The van der Waals surface area contributed by atoms with Gasteiger partial charge >= 0.3 is 0 Å². The first-order chi connectivity index (χ1) is 16.2. The molecule has 5 rings (SSSR count). The topological polar surface area (TPSA) is 50.8 Å². The van der Waals surface area contributed by atoms with Gasteiger partial charge in [-0.25, -0.2) is 0 Å². The normalized spacial score (nSPS) is 14.9. The number of para-hydroxylation sites is 2. The monoisotopic (exact) mass is 436 g/mol. The number of nitrogens with one attached hydrogen (secondary N) is 1. The second kappa shape index (κ2) is 9.09. The van der Waals surface area contributed by atoms with E-state index in [1.165, 1.54) is 0 Å². The van der Waals surface area contributed by atoms with Crippen LogP contribution in [0.1, 0.15) is 27.7 Å². The predicted octanol–water partition coefficient (Wildman–Crippen LogP) is 6.05. The van der Waals surface area contributed by atoms with E-state index in [-0.39, 0.29) is 5.91 Å². The summed E-state index contributed by atoms with van der Waals surface area (Å²) < 4.78 is 11.7. The van der Waals surface area contributed by atoms with Crippen molar-refractivity contribution < 1.29 is 14.3 Å². The minimum absolute atomic E-state index is 0.0527. The first kappa shape index (κ1) is 20.6. The Labute approximate surface area is 193 Å². The van der Waals surface area contributed by atoms with Crippen LogP contribution < -0.4 is 19.7 Å². The standard InChI is InChI=1S/C28H24N2O3/c1-32-25-17-16-21(18-26(25)33-19-20-10-4-2-5-11-20)27-29-24-15-9-8-14-23(24)28(31)30(27)22-12-6-3-7-13-22/h2-18,27,29H,19H2,1H3. The molecule has 1 aliphatic rings. The lowest BCUT2D eigenvalue weighted by atomic mass is 10.0. The molecule has 0 aliphatic carbocycles. The smallest absolute Gasteiger partial charge is 0.262 e. The second-order valence-electron chi connectivity index (χ2n) is 7.79. The number of nitrogens with zero attached hydrogens (tertiary/aromatic N) is 1. The van der Waals surface area contributed by atoms with Gasteiger partial charge in [0.25, 0.3) is 5.91 Å². The number of fused-ring (bicyclic) bond motifs is 1. The van der Waals surface area contributed by atoms with Crippen molar-refractivity contribution in [2.45, 2.75) is 12.8 Å². The number of benzene rings is 4. The average Bonchev–Trinajstić information content (AvgIpc) is 2.88. The van der Waals surface area contributed by atoms with Crippen LogP contribution in [0.2, 0.25) is 0 Å². The molecule has 0 spiro atoms. The summed E-state index contributed by atoms with van der Waals surface area (Å²) in [5.74, 6) is 1.21. The van der Waals surface area contributed by atoms with Gasteiger partial charge in [0.2, 0.25) is 0 Å². The van der Waals surface area contributed by atoms with Crippen LogP contribution in [0, 0.1) is 0 Å². The summed E-state index contributed by atoms with van der Waals surface area (Å²) in [5.41, 5.74) is 4.23. The highest BCUT2D eigenvalue weighted by molar-refractivity contribution is 6.12. The Morgan fingerprint density at radius 2 is 1.52 bits per heavy atom. The van der Waals surface area contributed by atoms with Crippen molar-refractivity contribution in [3.8, 4) is 11.5 Å². The van der Waals surface area contributed by atoms with Crippen LogP contribution in [0.25, 0.3) is 0 Å². The van der Waals surface area contributed by atoms with Gasteiger partial charge < -0.3 is 14.8 Å². The maximum absolute atomic E-state index is 13.5. The van der Waals surface area contributed by atoms with Crippen LogP contribution in [0.15, 0.2) is 103 Å². The van der Waals surface area contributed by atoms with E-state index in [4.69, 9.17) is 9.47 Å². The van der Waals surface area contributed by atoms with E-state index in [2.05, 4.69) is 5.32 Å². The third-order valence-corrected chi connectivity index (χ3v) is 5.70. The lowest BCUT2D eigenvalue weighted by molar-refractivity contribution is 0.0975. The minimum atomic E-state index is -0.403. The van der Waals surface area contributed by atoms with Gasteiger partial charge in [-0.15, -0.1) is 0 Å². The first-order valence-electron chi connectivity index (χ1n) is 10.8. The zero-order valence-corrected chi connectivity index (χ0v) is 18.3. The predicted molar refractivity (Wildman–Crippen MR) is 130 cm³/mol. The molecular formula is C28H24N2O3. The van der Waals surface area contributed by atoms with Crippen molar-refractivity contribution in [1.82, 2.24) is 0 Å². The molecule has 4 aromatic carbocycles. The summed E-state index contributed by atoms with van der Waals surface area (Å²) in [7, 11) is 1.62. The fourth-order valence-electron chi connectivity index (χ4n) is 4.05. The molecule has 164 valence electrons.